The van der Waals surface area contributed by atoms with E-state index in [1.165, 1.54) is 42.5 Å². The summed E-state index contributed by atoms with van der Waals surface area (Å²) in [7, 11) is 2.15. The number of hydrogen-bond donors (Lipinski definition) is 1. The van der Waals surface area contributed by atoms with Gasteiger partial charge in [0, 0.05) is 50.3 Å². The molecule has 0 saturated carbocycles. The quantitative estimate of drug-likeness (QED) is 0.922. The lowest BCUT2D eigenvalue weighted by atomic mass is 9.97. The SMILES string of the molecule is CC(CCN1CCNCC1)c1cn(C)c2ccccc12. The number of aromatic nitrogens is 1. The van der Waals surface area contributed by atoms with Gasteiger partial charge < -0.3 is 14.8 Å². The van der Waals surface area contributed by atoms with E-state index in [4.69, 9.17) is 0 Å². The van der Waals surface area contributed by atoms with Crippen molar-refractivity contribution >= 4 is 10.9 Å². The summed E-state index contributed by atoms with van der Waals surface area (Å²) in [4.78, 5) is 2.58. The summed E-state index contributed by atoms with van der Waals surface area (Å²) in [5.41, 5.74) is 2.84. The molecule has 0 radical (unpaired) electrons. The molecule has 1 aliphatic heterocycles. The maximum absolute atomic E-state index is 3.42. The average Bonchev–Trinajstić information content (AvgIpc) is 2.84. The molecule has 1 atom stereocenters. The molecule has 1 saturated heterocycles. The van der Waals surface area contributed by atoms with Gasteiger partial charge in [-0.2, -0.15) is 0 Å². The Hall–Kier alpha value is -1.32. The fourth-order valence-electron chi connectivity index (χ4n) is 3.23. The number of piperazine rings is 1. The third-order valence-corrected chi connectivity index (χ3v) is 4.55. The molecule has 1 fully saturated rings. The van der Waals surface area contributed by atoms with E-state index in [0.29, 0.717) is 5.92 Å². The van der Waals surface area contributed by atoms with Crippen LogP contribution in [0.2, 0.25) is 0 Å². The third kappa shape index (κ3) is 2.74. The van der Waals surface area contributed by atoms with Crippen molar-refractivity contribution in [3.05, 3.63) is 36.0 Å². The standard InChI is InChI=1S/C17H25N3/c1-14(7-10-20-11-8-18-9-12-20)16-13-19(2)17-6-4-3-5-15(16)17/h3-6,13-14,18H,7-12H2,1-2H3. The highest BCUT2D eigenvalue weighted by molar-refractivity contribution is 5.84. The number of rotatable bonds is 4. The summed E-state index contributed by atoms with van der Waals surface area (Å²) in [5.74, 6) is 0.621. The lowest BCUT2D eigenvalue weighted by Crippen LogP contribution is -2.43. The smallest absolute Gasteiger partial charge is 0.0480 e. The van der Waals surface area contributed by atoms with Crippen LogP contribution in [-0.4, -0.2) is 42.2 Å². The Bertz CT molecular complexity index is 567. The molecule has 1 aromatic carbocycles. The van der Waals surface area contributed by atoms with E-state index in [-0.39, 0.29) is 0 Å². The van der Waals surface area contributed by atoms with Crippen LogP contribution in [0.3, 0.4) is 0 Å². The van der Waals surface area contributed by atoms with Gasteiger partial charge in [-0.05, 0) is 30.5 Å². The molecular formula is C17H25N3. The van der Waals surface area contributed by atoms with Crippen LogP contribution in [0, 0.1) is 0 Å². The highest BCUT2D eigenvalue weighted by atomic mass is 15.2. The molecule has 0 bridgehead atoms. The number of benzene rings is 1. The molecule has 108 valence electrons. The van der Waals surface area contributed by atoms with Crippen LogP contribution in [0.4, 0.5) is 0 Å². The fraction of sp³-hybridized carbons (Fsp3) is 0.529. The molecule has 0 aliphatic carbocycles. The van der Waals surface area contributed by atoms with E-state index < -0.39 is 0 Å². The number of aryl methyl sites for hydroxylation is 1. The van der Waals surface area contributed by atoms with Gasteiger partial charge in [-0.1, -0.05) is 25.1 Å². The molecule has 0 amide bonds. The van der Waals surface area contributed by atoms with Crippen molar-refractivity contribution in [1.82, 2.24) is 14.8 Å². The van der Waals surface area contributed by atoms with Crippen LogP contribution in [0.25, 0.3) is 10.9 Å². The summed E-state index contributed by atoms with van der Waals surface area (Å²) in [6, 6.07) is 8.74. The van der Waals surface area contributed by atoms with Crippen LogP contribution >= 0.6 is 0 Å². The summed E-state index contributed by atoms with van der Waals surface area (Å²) >= 11 is 0. The summed E-state index contributed by atoms with van der Waals surface area (Å²) in [6.45, 7) is 8.26. The van der Waals surface area contributed by atoms with Crippen molar-refractivity contribution < 1.29 is 0 Å². The Morgan fingerprint density at radius 2 is 1.95 bits per heavy atom. The molecule has 2 heterocycles. The van der Waals surface area contributed by atoms with Crippen molar-refractivity contribution in [1.29, 1.82) is 0 Å². The van der Waals surface area contributed by atoms with E-state index in [1.807, 2.05) is 0 Å². The molecule has 20 heavy (non-hydrogen) atoms. The van der Waals surface area contributed by atoms with Crippen molar-refractivity contribution in [3.63, 3.8) is 0 Å². The highest BCUT2D eigenvalue weighted by Gasteiger charge is 2.15. The second kappa shape index (κ2) is 5.98. The van der Waals surface area contributed by atoms with Crippen LogP contribution in [-0.2, 0) is 7.05 Å². The summed E-state index contributed by atoms with van der Waals surface area (Å²) in [6.07, 6.45) is 3.56. The van der Waals surface area contributed by atoms with Crippen molar-refractivity contribution in [2.24, 2.45) is 7.05 Å². The maximum atomic E-state index is 3.42. The molecule has 3 nitrogen and oxygen atoms in total. The first kappa shape index (κ1) is 13.7. The predicted octanol–water partition coefficient (Wildman–Crippen LogP) is 2.58. The fourth-order valence-corrected chi connectivity index (χ4v) is 3.23. The van der Waals surface area contributed by atoms with Gasteiger partial charge in [-0.15, -0.1) is 0 Å². The number of fused-ring (bicyclic) bond motifs is 1. The number of nitrogens with one attached hydrogen (secondary N) is 1. The monoisotopic (exact) mass is 271 g/mol. The first-order chi connectivity index (χ1) is 9.75. The minimum atomic E-state index is 0.621. The predicted molar refractivity (Wildman–Crippen MR) is 85.3 cm³/mol. The zero-order valence-electron chi connectivity index (χ0n) is 12.6. The average molecular weight is 271 g/mol. The minimum absolute atomic E-state index is 0.621. The van der Waals surface area contributed by atoms with E-state index in [9.17, 15) is 0 Å². The number of hydrogen-bond acceptors (Lipinski definition) is 2. The first-order valence-corrected chi connectivity index (χ1v) is 7.73. The highest BCUT2D eigenvalue weighted by Crippen LogP contribution is 2.29. The largest absolute Gasteiger partial charge is 0.350 e. The third-order valence-electron chi connectivity index (χ3n) is 4.55. The van der Waals surface area contributed by atoms with Gasteiger partial charge in [0.1, 0.15) is 0 Å². The lowest BCUT2D eigenvalue weighted by molar-refractivity contribution is 0.234. The number of nitrogens with zero attached hydrogens (tertiary/aromatic N) is 2. The zero-order valence-corrected chi connectivity index (χ0v) is 12.6. The molecule has 3 rings (SSSR count). The van der Waals surface area contributed by atoms with Gasteiger partial charge in [-0.3, -0.25) is 0 Å². The van der Waals surface area contributed by atoms with Crippen LogP contribution in [0.1, 0.15) is 24.8 Å². The van der Waals surface area contributed by atoms with Gasteiger partial charge in [0.15, 0.2) is 0 Å². The Kier molecular flexibility index (Phi) is 4.08. The number of para-hydroxylation sites is 1. The van der Waals surface area contributed by atoms with E-state index in [1.54, 1.807) is 0 Å². The van der Waals surface area contributed by atoms with Crippen LogP contribution in [0.15, 0.2) is 30.5 Å². The van der Waals surface area contributed by atoms with Gasteiger partial charge in [-0.25, -0.2) is 0 Å². The molecule has 1 unspecified atom stereocenters. The van der Waals surface area contributed by atoms with Crippen LogP contribution in [0.5, 0.6) is 0 Å². The van der Waals surface area contributed by atoms with Gasteiger partial charge in [0.05, 0.1) is 0 Å². The van der Waals surface area contributed by atoms with Gasteiger partial charge in [0.2, 0.25) is 0 Å². The molecule has 1 aliphatic rings. The molecule has 3 heteroatoms. The van der Waals surface area contributed by atoms with Gasteiger partial charge in [0.25, 0.3) is 0 Å². The second-order valence-corrected chi connectivity index (χ2v) is 5.99. The summed E-state index contributed by atoms with van der Waals surface area (Å²) < 4.78 is 2.26. The molecule has 1 aromatic heterocycles. The molecule has 1 N–H and O–H groups in total. The Balaban J connectivity index is 1.70. The van der Waals surface area contributed by atoms with E-state index in [0.717, 1.165) is 13.1 Å². The Morgan fingerprint density at radius 3 is 2.75 bits per heavy atom. The van der Waals surface area contributed by atoms with Crippen molar-refractivity contribution in [3.8, 4) is 0 Å². The molecule has 0 spiro atoms. The van der Waals surface area contributed by atoms with Gasteiger partial charge >= 0.3 is 0 Å². The van der Waals surface area contributed by atoms with E-state index >= 15 is 0 Å². The van der Waals surface area contributed by atoms with Crippen LogP contribution < -0.4 is 5.32 Å². The zero-order chi connectivity index (χ0) is 13.9. The molecule has 2 aromatic rings. The van der Waals surface area contributed by atoms with E-state index in [2.05, 4.69) is 59.2 Å². The molecular weight excluding hydrogens is 246 g/mol. The topological polar surface area (TPSA) is 20.2 Å². The minimum Gasteiger partial charge on any atom is -0.350 e. The maximum Gasteiger partial charge on any atom is 0.0480 e. The first-order valence-electron chi connectivity index (χ1n) is 7.73. The van der Waals surface area contributed by atoms with Crippen molar-refractivity contribution in [2.75, 3.05) is 32.7 Å². The Labute approximate surface area is 121 Å². The second-order valence-electron chi connectivity index (χ2n) is 5.99. The Morgan fingerprint density at radius 1 is 1.20 bits per heavy atom. The van der Waals surface area contributed by atoms with Crippen molar-refractivity contribution in [2.45, 2.75) is 19.3 Å². The lowest BCUT2D eigenvalue weighted by Gasteiger charge is -2.28. The summed E-state index contributed by atoms with van der Waals surface area (Å²) in [5, 5.41) is 4.84. The normalized spacial score (nSPS) is 18.5.